The Morgan fingerprint density at radius 3 is 2.35 bits per heavy atom. The molecule has 3 aromatic heterocycles. The van der Waals surface area contributed by atoms with Gasteiger partial charge in [0, 0.05) is 48.0 Å². The van der Waals surface area contributed by atoms with E-state index in [4.69, 9.17) is 4.74 Å². The Bertz CT molecular complexity index is 1720. The van der Waals surface area contributed by atoms with Crippen LogP contribution in [0.25, 0.3) is 38.8 Å². The summed E-state index contributed by atoms with van der Waals surface area (Å²) in [5.41, 5.74) is 5.66. The number of pyridine rings is 2. The van der Waals surface area contributed by atoms with Gasteiger partial charge in [-0.15, -0.1) is 0 Å². The number of anilines is 1. The predicted octanol–water partition coefficient (Wildman–Crippen LogP) is 7.63. The van der Waals surface area contributed by atoms with Crippen LogP contribution in [0.3, 0.4) is 0 Å². The summed E-state index contributed by atoms with van der Waals surface area (Å²) in [6, 6.07) is 33.5. The van der Waals surface area contributed by atoms with E-state index in [-0.39, 0.29) is 0 Å². The van der Waals surface area contributed by atoms with Crippen LogP contribution in [0.1, 0.15) is 12.8 Å². The van der Waals surface area contributed by atoms with Gasteiger partial charge in [0.2, 0.25) is 5.88 Å². The van der Waals surface area contributed by atoms with E-state index < -0.39 is 0 Å². The van der Waals surface area contributed by atoms with Crippen LogP contribution in [0.5, 0.6) is 11.6 Å². The number of ether oxygens (including phenoxy) is 1. The Labute approximate surface area is 215 Å². The minimum Gasteiger partial charge on any atom is -0.439 e. The highest BCUT2D eigenvalue weighted by atomic mass is 16.5. The van der Waals surface area contributed by atoms with Crippen molar-refractivity contribution in [2.75, 3.05) is 18.0 Å². The number of nitrogens with zero attached hydrogens (tertiary/aromatic N) is 4. The second-order valence-corrected chi connectivity index (χ2v) is 9.45. The van der Waals surface area contributed by atoms with Crippen LogP contribution in [-0.2, 0) is 0 Å². The van der Waals surface area contributed by atoms with Crippen LogP contribution < -0.4 is 9.64 Å². The third kappa shape index (κ3) is 3.99. The third-order valence-electron chi connectivity index (χ3n) is 7.13. The Morgan fingerprint density at radius 2 is 1.46 bits per heavy atom. The van der Waals surface area contributed by atoms with E-state index >= 15 is 0 Å². The number of para-hydroxylation sites is 1. The highest BCUT2D eigenvalue weighted by Crippen LogP contribution is 2.35. The lowest BCUT2D eigenvalue weighted by molar-refractivity contribution is 0.463. The molecule has 37 heavy (non-hydrogen) atoms. The van der Waals surface area contributed by atoms with E-state index in [0.29, 0.717) is 5.88 Å². The van der Waals surface area contributed by atoms with Gasteiger partial charge in [-0.3, -0.25) is 4.57 Å². The molecule has 1 aliphatic rings. The minimum absolute atomic E-state index is 0.618. The van der Waals surface area contributed by atoms with Gasteiger partial charge in [0.05, 0.1) is 11.0 Å². The maximum absolute atomic E-state index is 6.22. The van der Waals surface area contributed by atoms with E-state index in [1.807, 2.05) is 42.7 Å². The molecule has 4 heterocycles. The molecule has 7 rings (SSSR count). The summed E-state index contributed by atoms with van der Waals surface area (Å²) in [6.07, 6.45) is 6.15. The van der Waals surface area contributed by atoms with Crippen LogP contribution in [0.2, 0.25) is 0 Å². The van der Waals surface area contributed by atoms with Crippen LogP contribution in [0.15, 0.2) is 109 Å². The summed E-state index contributed by atoms with van der Waals surface area (Å²) in [5.74, 6) is 2.30. The lowest BCUT2D eigenvalue weighted by Crippen LogP contribution is -2.17. The fraction of sp³-hybridized carbons (Fsp3) is 0.125. The van der Waals surface area contributed by atoms with Crippen molar-refractivity contribution >= 4 is 27.5 Å². The summed E-state index contributed by atoms with van der Waals surface area (Å²) >= 11 is 0. The minimum atomic E-state index is 0.618. The summed E-state index contributed by atoms with van der Waals surface area (Å²) in [6.45, 7) is 2.19. The number of aromatic nitrogens is 3. The number of hydrogen-bond donors (Lipinski definition) is 0. The first-order valence-corrected chi connectivity index (χ1v) is 12.8. The molecule has 0 radical (unpaired) electrons. The largest absolute Gasteiger partial charge is 0.439 e. The maximum Gasteiger partial charge on any atom is 0.221 e. The van der Waals surface area contributed by atoms with Gasteiger partial charge in [0.15, 0.2) is 0 Å². The van der Waals surface area contributed by atoms with Gasteiger partial charge in [-0.2, -0.15) is 0 Å². The molecule has 3 aromatic carbocycles. The Morgan fingerprint density at radius 1 is 0.622 bits per heavy atom. The Hall–Kier alpha value is -4.64. The van der Waals surface area contributed by atoms with E-state index in [1.54, 1.807) is 0 Å². The molecule has 0 unspecified atom stereocenters. The lowest BCUT2D eigenvalue weighted by Gasteiger charge is -2.18. The van der Waals surface area contributed by atoms with E-state index in [1.165, 1.54) is 29.3 Å². The molecule has 5 heteroatoms. The van der Waals surface area contributed by atoms with Crippen LogP contribution >= 0.6 is 0 Å². The molecule has 1 fully saturated rings. The van der Waals surface area contributed by atoms with Crippen molar-refractivity contribution in [3.63, 3.8) is 0 Å². The highest BCUT2D eigenvalue weighted by Gasteiger charge is 2.15. The SMILES string of the molecule is c1ccc(-n2c3ccccc3c3ccc(-c4cccc(Oc5cc(N6CCCC6)ccn5)c4)cc32)nc1. The van der Waals surface area contributed by atoms with Gasteiger partial charge < -0.3 is 9.64 Å². The Kier molecular flexibility index (Phi) is 5.32. The fourth-order valence-corrected chi connectivity index (χ4v) is 5.37. The summed E-state index contributed by atoms with van der Waals surface area (Å²) in [4.78, 5) is 11.5. The van der Waals surface area contributed by atoms with Gasteiger partial charge in [-0.1, -0.05) is 48.5 Å². The first-order chi connectivity index (χ1) is 18.3. The maximum atomic E-state index is 6.22. The average molecular weight is 483 g/mol. The van der Waals surface area contributed by atoms with Crippen molar-refractivity contribution in [2.45, 2.75) is 12.8 Å². The molecule has 0 saturated carbocycles. The van der Waals surface area contributed by atoms with E-state index in [0.717, 1.165) is 46.8 Å². The number of benzene rings is 3. The van der Waals surface area contributed by atoms with Gasteiger partial charge in [-0.05, 0) is 66.4 Å². The number of fused-ring (bicyclic) bond motifs is 3. The molecule has 1 saturated heterocycles. The fourth-order valence-electron chi connectivity index (χ4n) is 5.37. The monoisotopic (exact) mass is 482 g/mol. The van der Waals surface area contributed by atoms with Crippen molar-refractivity contribution < 1.29 is 4.74 Å². The molecule has 0 amide bonds. The predicted molar refractivity (Wildman–Crippen MR) is 150 cm³/mol. The molecule has 0 atom stereocenters. The van der Waals surface area contributed by atoms with Gasteiger partial charge in [0.1, 0.15) is 11.6 Å². The van der Waals surface area contributed by atoms with E-state index in [2.05, 4.69) is 86.2 Å². The van der Waals surface area contributed by atoms with Crippen molar-refractivity contribution in [3.8, 4) is 28.6 Å². The van der Waals surface area contributed by atoms with Crippen molar-refractivity contribution in [1.82, 2.24) is 14.5 Å². The normalized spacial score (nSPS) is 13.5. The van der Waals surface area contributed by atoms with Gasteiger partial charge in [-0.25, -0.2) is 9.97 Å². The zero-order chi connectivity index (χ0) is 24.6. The lowest BCUT2D eigenvalue weighted by atomic mass is 10.0. The smallest absolute Gasteiger partial charge is 0.221 e. The third-order valence-corrected chi connectivity index (χ3v) is 7.13. The van der Waals surface area contributed by atoms with Crippen LogP contribution in [0, 0.1) is 0 Å². The van der Waals surface area contributed by atoms with E-state index in [9.17, 15) is 0 Å². The second kappa shape index (κ2) is 9.10. The first-order valence-electron chi connectivity index (χ1n) is 12.8. The molecule has 1 aliphatic heterocycles. The summed E-state index contributed by atoms with van der Waals surface area (Å²) in [7, 11) is 0. The number of hydrogen-bond acceptors (Lipinski definition) is 4. The van der Waals surface area contributed by atoms with Crippen molar-refractivity contribution in [1.29, 1.82) is 0 Å². The quantitative estimate of drug-likeness (QED) is 0.253. The summed E-state index contributed by atoms with van der Waals surface area (Å²) in [5, 5.41) is 2.43. The zero-order valence-electron chi connectivity index (χ0n) is 20.4. The molecular formula is C32H26N4O. The van der Waals surface area contributed by atoms with Crippen molar-refractivity contribution in [3.05, 3.63) is 109 Å². The molecule has 0 aliphatic carbocycles. The molecule has 180 valence electrons. The van der Waals surface area contributed by atoms with Crippen molar-refractivity contribution in [2.24, 2.45) is 0 Å². The molecule has 0 spiro atoms. The molecule has 6 aromatic rings. The van der Waals surface area contributed by atoms with Crippen LogP contribution in [0.4, 0.5) is 5.69 Å². The highest BCUT2D eigenvalue weighted by molar-refractivity contribution is 6.10. The second-order valence-electron chi connectivity index (χ2n) is 9.45. The zero-order valence-corrected chi connectivity index (χ0v) is 20.4. The first kappa shape index (κ1) is 21.6. The average Bonchev–Trinajstić information content (AvgIpc) is 3.60. The topological polar surface area (TPSA) is 43.2 Å². The molecular weight excluding hydrogens is 456 g/mol. The Balaban J connectivity index is 1.27. The molecule has 0 N–H and O–H groups in total. The number of rotatable bonds is 5. The standard InChI is InChI=1S/C32H26N4O/c1-2-11-29-27(10-1)28-14-13-24(21-30(28)36(29)31-12-3-4-16-33-31)23-8-7-9-26(20-23)37-32-22-25(15-17-34-32)35-18-5-6-19-35/h1-4,7-17,20-22H,5-6,18-19H2. The molecule has 0 bridgehead atoms. The molecule has 5 nitrogen and oxygen atoms in total. The van der Waals surface area contributed by atoms with Crippen LogP contribution in [-0.4, -0.2) is 27.6 Å². The van der Waals surface area contributed by atoms with Gasteiger partial charge >= 0.3 is 0 Å². The van der Waals surface area contributed by atoms with Gasteiger partial charge in [0.25, 0.3) is 0 Å². The summed E-state index contributed by atoms with van der Waals surface area (Å²) < 4.78 is 8.45.